The zero-order valence-corrected chi connectivity index (χ0v) is 15.0. The number of nitrogens with one attached hydrogen (secondary N) is 1. The maximum atomic E-state index is 11.7. The highest BCUT2D eigenvalue weighted by Crippen LogP contribution is 2.22. The summed E-state index contributed by atoms with van der Waals surface area (Å²) in [7, 11) is 0. The van der Waals surface area contributed by atoms with Gasteiger partial charge in [0.05, 0.1) is 22.0 Å². The summed E-state index contributed by atoms with van der Waals surface area (Å²) in [6.07, 6.45) is 1.44. The fraction of sp³-hybridized carbons (Fsp3) is 0.125. The van der Waals surface area contributed by atoms with Crippen molar-refractivity contribution < 1.29 is 4.79 Å². The van der Waals surface area contributed by atoms with E-state index in [2.05, 4.69) is 10.5 Å². The van der Waals surface area contributed by atoms with E-state index in [1.807, 2.05) is 24.3 Å². The number of hydrazone groups is 1. The molecule has 0 bridgehead atoms. The molecule has 0 saturated heterocycles. The number of amides is 1. The van der Waals surface area contributed by atoms with Crippen molar-refractivity contribution in [1.29, 1.82) is 0 Å². The van der Waals surface area contributed by atoms with E-state index in [1.165, 1.54) is 18.0 Å². The number of carbonyl (C=O) groups excluding carboxylic acids is 1. The molecule has 0 unspecified atom stereocenters. The Labute approximate surface area is 154 Å². The van der Waals surface area contributed by atoms with Crippen molar-refractivity contribution in [3.8, 4) is 0 Å². The normalized spacial score (nSPS) is 10.9. The number of hydrogen-bond donors (Lipinski definition) is 1. The second kappa shape index (κ2) is 9.18. The minimum Gasteiger partial charge on any atom is -0.272 e. The van der Waals surface area contributed by atoms with E-state index >= 15 is 0 Å². The van der Waals surface area contributed by atoms with Gasteiger partial charge in [0.25, 0.3) is 0 Å². The highest BCUT2D eigenvalue weighted by molar-refractivity contribution is 7.99. The molecule has 0 spiro atoms. The molecule has 1 N–H and O–H groups in total. The maximum Gasteiger partial charge on any atom is 0.250 e. The van der Waals surface area contributed by atoms with Gasteiger partial charge in [0.1, 0.15) is 0 Å². The maximum absolute atomic E-state index is 11.7. The predicted molar refractivity (Wildman–Crippen MR) is 99.8 cm³/mol. The van der Waals surface area contributed by atoms with Crippen LogP contribution in [-0.4, -0.2) is 17.9 Å². The molecule has 3 nitrogen and oxygen atoms in total. The van der Waals surface area contributed by atoms with Gasteiger partial charge in [-0.1, -0.05) is 53.0 Å². The topological polar surface area (TPSA) is 41.5 Å². The van der Waals surface area contributed by atoms with Crippen LogP contribution in [0.15, 0.2) is 47.6 Å². The molecule has 0 aliphatic heterocycles. The summed E-state index contributed by atoms with van der Waals surface area (Å²) in [6.45, 7) is 0. The first-order chi connectivity index (χ1) is 11.1. The standard InChI is InChI=1S/C16H13Cl3N2OS/c17-12-6-4-11(5-7-12)9-23-10-16(22)21-20-8-13-14(18)2-1-3-15(13)19/h1-8H,9-10H2,(H,21,22)/b20-8-. The molecular weight excluding hydrogens is 375 g/mol. The first-order valence-electron chi connectivity index (χ1n) is 6.64. The Kier molecular flexibility index (Phi) is 7.24. The molecule has 2 rings (SSSR count). The minimum absolute atomic E-state index is 0.191. The van der Waals surface area contributed by atoms with Crippen LogP contribution in [0.4, 0.5) is 0 Å². The highest BCUT2D eigenvalue weighted by Gasteiger charge is 2.03. The largest absolute Gasteiger partial charge is 0.272 e. The Morgan fingerprint density at radius 2 is 1.74 bits per heavy atom. The van der Waals surface area contributed by atoms with Crippen LogP contribution < -0.4 is 5.43 Å². The zero-order valence-electron chi connectivity index (χ0n) is 11.9. The van der Waals surface area contributed by atoms with Crippen LogP contribution in [0.25, 0.3) is 0 Å². The molecule has 1 amide bonds. The van der Waals surface area contributed by atoms with Crippen molar-refractivity contribution in [1.82, 2.24) is 5.43 Å². The van der Waals surface area contributed by atoms with Gasteiger partial charge >= 0.3 is 0 Å². The molecule has 0 saturated carbocycles. The molecule has 7 heteroatoms. The summed E-state index contributed by atoms with van der Waals surface area (Å²) in [6, 6.07) is 12.7. The fourth-order valence-electron chi connectivity index (χ4n) is 1.68. The zero-order chi connectivity index (χ0) is 16.7. The van der Waals surface area contributed by atoms with Crippen LogP contribution >= 0.6 is 46.6 Å². The predicted octanol–water partition coefficient (Wildman–Crippen LogP) is 5.03. The number of rotatable bonds is 6. The Morgan fingerprint density at radius 3 is 2.39 bits per heavy atom. The van der Waals surface area contributed by atoms with Gasteiger partial charge in [-0.25, -0.2) is 5.43 Å². The second-order valence-electron chi connectivity index (χ2n) is 4.55. The average Bonchev–Trinajstić information content (AvgIpc) is 2.52. The van der Waals surface area contributed by atoms with Gasteiger partial charge < -0.3 is 0 Å². The summed E-state index contributed by atoms with van der Waals surface area (Å²) < 4.78 is 0. The van der Waals surface area contributed by atoms with Crippen molar-refractivity contribution >= 4 is 58.7 Å². The molecule has 0 aromatic heterocycles. The quantitative estimate of drug-likeness (QED) is 0.558. The Bertz CT molecular complexity index is 685. The van der Waals surface area contributed by atoms with E-state index in [0.29, 0.717) is 26.4 Å². The van der Waals surface area contributed by atoms with E-state index in [4.69, 9.17) is 34.8 Å². The van der Waals surface area contributed by atoms with Crippen LogP contribution in [0.5, 0.6) is 0 Å². The first kappa shape index (κ1) is 18.1. The molecule has 120 valence electrons. The Balaban J connectivity index is 1.77. The van der Waals surface area contributed by atoms with Crippen molar-refractivity contribution in [2.45, 2.75) is 5.75 Å². The van der Waals surface area contributed by atoms with E-state index in [1.54, 1.807) is 18.2 Å². The van der Waals surface area contributed by atoms with Crippen molar-refractivity contribution in [2.24, 2.45) is 5.10 Å². The van der Waals surface area contributed by atoms with Gasteiger partial charge in [0.2, 0.25) is 5.91 Å². The lowest BCUT2D eigenvalue weighted by Gasteiger charge is -2.03. The molecule has 0 heterocycles. The third kappa shape index (κ3) is 6.07. The molecule has 0 atom stereocenters. The van der Waals surface area contributed by atoms with Crippen molar-refractivity contribution in [3.05, 3.63) is 68.7 Å². The lowest BCUT2D eigenvalue weighted by Crippen LogP contribution is -2.19. The number of thioether (sulfide) groups is 1. The average molecular weight is 388 g/mol. The van der Waals surface area contributed by atoms with Gasteiger partial charge in [0.15, 0.2) is 0 Å². The Morgan fingerprint density at radius 1 is 1.09 bits per heavy atom. The first-order valence-corrected chi connectivity index (χ1v) is 8.93. The molecule has 2 aromatic rings. The third-order valence-electron chi connectivity index (χ3n) is 2.80. The molecule has 0 aliphatic carbocycles. The van der Waals surface area contributed by atoms with E-state index in [0.717, 1.165) is 11.3 Å². The van der Waals surface area contributed by atoms with Crippen LogP contribution in [-0.2, 0) is 10.5 Å². The molecule has 0 fully saturated rings. The monoisotopic (exact) mass is 386 g/mol. The van der Waals surface area contributed by atoms with Crippen LogP contribution in [0, 0.1) is 0 Å². The van der Waals surface area contributed by atoms with Gasteiger partial charge in [-0.2, -0.15) is 5.10 Å². The van der Waals surface area contributed by atoms with Gasteiger partial charge in [-0.3, -0.25) is 4.79 Å². The Hall–Kier alpha value is -1.20. The summed E-state index contributed by atoms with van der Waals surface area (Å²) in [5, 5.41) is 5.53. The summed E-state index contributed by atoms with van der Waals surface area (Å²) in [5.41, 5.74) is 4.14. The smallest absolute Gasteiger partial charge is 0.250 e. The van der Waals surface area contributed by atoms with Gasteiger partial charge in [0, 0.05) is 16.3 Å². The summed E-state index contributed by atoms with van der Waals surface area (Å²) in [4.78, 5) is 11.7. The number of benzene rings is 2. The minimum atomic E-state index is -0.191. The molecule has 2 aromatic carbocycles. The number of nitrogens with zero attached hydrogens (tertiary/aromatic N) is 1. The van der Waals surface area contributed by atoms with Crippen molar-refractivity contribution in [2.75, 3.05) is 5.75 Å². The van der Waals surface area contributed by atoms with Crippen molar-refractivity contribution in [3.63, 3.8) is 0 Å². The molecular formula is C16H13Cl3N2OS. The van der Waals surface area contributed by atoms with Crippen LogP contribution in [0.3, 0.4) is 0 Å². The second-order valence-corrected chi connectivity index (χ2v) is 6.78. The van der Waals surface area contributed by atoms with E-state index in [9.17, 15) is 4.79 Å². The molecule has 0 aliphatic rings. The fourth-order valence-corrected chi connectivity index (χ4v) is 3.08. The van der Waals surface area contributed by atoms with Gasteiger partial charge in [-0.15, -0.1) is 11.8 Å². The number of carbonyl (C=O) groups is 1. The van der Waals surface area contributed by atoms with Crippen LogP contribution in [0.1, 0.15) is 11.1 Å². The lowest BCUT2D eigenvalue weighted by molar-refractivity contribution is -0.118. The molecule has 23 heavy (non-hydrogen) atoms. The van der Waals surface area contributed by atoms with Gasteiger partial charge in [-0.05, 0) is 29.8 Å². The lowest BCUT2D eigenvalue weighted by atomic mass is 10.2. The third-order valence-corrected chi connectivity index (χ3v) is 4.71. The van der Waals surface area contributed by atoms with Crippen LogP contribution in [0.2, 0.25) is 15.1 Å². The van der Waals surface area contributed by atoms with E-state index < -0.39 is 0 Å². The summed E-state index contributed by atoms with van der Waals surface area (Å²) in [5.74, 6) is 0.837. The highest BCUT2D eigenvalue weighted by atomic mass is 35.5. The number of halogens is 3. The summed E-state index contributed by atoms with van der Waals surface area (Å²) >= 11 is 19.3. The van der Waals surface area contributed by atoms with E-state index in [-0.39, 0.29) is 5.91 Å². The molecule has 0 radical (unpaired) electrons. The SMILES string of the molecule is O=C(CSCc1ccc(Cl)cc1)N/N=C\c1c(Cl)cccc1Cl. The number of hydrogen-bond acceptors (Lipinski definition) is 3.